The van der Waals surface area contributed by atoms with Crippen molar-refractivity contribution >= 4 is 50.7 Å². The fraction of sp³-hybridized carbons (Fsp3) is 0.188. The van der Waals surface area contributed by atoms with Crippen LogP contribution in [0.5, 0.6) is 0 Å². The number of halogens is 1. The molecule has 24 heavy (non-hydrogen) atoms. The van der Waals surface area contributed by atoms with Crippen LogP contribution in [0.25, 0.3) is 10.2 Å². The molecule has 5 nitrogen and oxygen atoms in total. The number of nitrogens with two attached hydrogens (primary N) is 1. The minimum Gasteiger partial charge on any atom is -0.383 e. The van der Waals surface area contributed by atoms with Gasteiger partial charge in [-0.05, 0) is 43.7 Å². The maximum Gasteiger partial charge on any atom is 0.234 e. The lowest BCUT2D eigenvalue weighted by Crippen LogP contribution is -2.14. The van der Waals surface area contributed by atoms with Crippen LogP contribution in [0.1, 0.15) is 10.4 Å². The number of aryl methyl sites for hydroxylation is 2. The van der Waals surface area contributed by atoms with Crippen molar-refractivity contribution in [1.82, 2.24) is 9.97 Å². The zero-order valence-electron chi connectivity index (χ0n) is 13.1. The first-order chi connectivity index (χ1) is 11.4. The fourth-order valence-electron chi connectivity index (χ4n) is 2.19. The third kappa shape index (κ3) is 3.49. The number of carbonyl (C=O) groups is 1. The quantitative estimate of drug-likeness (QED) is 0.545. The Kier molecular flexibility index (Phi) is 4.68. The molecule has 2 aromatic heterocycles. The molecule has 0 spiro atoms. The number of nitrogens with zero attached hydrogens (tertiary/aromatic N) is 2. The van der Waals surface area contributed by atoms with Gasteiger partial charge in [0.25, 0.3) is 0 Å². The molecule has 1 amide bonds. The zero-order chi connectivity index (χ0) is 17.3. The smallest absolute Gasteiger partial charge is 0.234 e. The van der Waals surface area contributed by atoms with Gasteiger partial charge in [0.05, 0.1) is 11.1 Å². The van der Waals surface area contributed by atoms with Gasteiger partial charge in [-0.15, -0.1) is 11.3 Å². The maximum atomic E-state index is 12.8. The van der Waals surface area contributed by atoms with E-state index in [1.54, 1.807) is 11.3 Å². The monoisotopic (exact) mass is 362 g/mol. The van der Waals surface area contributed by atoms with Crippen molar-refractivity contribution in [3.05, 3.63) is 40.5 Å². The van der Waals surface area contributed by atoms with Crippen LogP contribution in [0, 0.1) is 19.7 Å². The maximum absolute atomic E-state index is 12.8. The molecule has 0 aliphatic rings. The van der Waals surface area contributed by atoms with Gasteiger partial charge in [-0.25, -0.2) is 14.4 Å². The van der Waals surface area contributed by atoms with Crippen LogP contribution in [0.4, 0.5) is 15.9 Å². The van der Waals surface area contributed by atoms with E-state index in [0.29, 0.717) is 16.7 Å². The standard InChI is InChI=1S/C16H15FN4OS2/c1-8-9(2)24-15-13(8)14(18)20-16(21-15)23-7-12(22)19-11-5-3-10(17)4-6-11/h3-6H,7H2,1-2H3,(H,19,22)(H2,18,20,21). The van der Waals surface area contributed by atoms with Gasteiger partial charge in [0.15, 0.2) is 5.16 Å². The molecular formula is C16H15FN4OS2. The highest BCUT2D eigenvalue weighted by Crippen LogP contribution is 2.33. The van der Waals surface area contributed by atoms with Gasteiger partial charge in [0, 0.05) is 10.6 Å². The van der Waals surface area contributed by atoms with Crippen molar-refractivity contribution in [3.8, 4) is 0 Å². The molecule has 0 atom stereocenters. The van der Waals surface area contributed by atoms with E-state index in [9.17, 15) is 9.18 Å². The van der Waals surface area contributed by atoms with Gasteiger partial charge in [0.1, 0.15) is 16.5 Å². The Hall–Kier alpha value is -2.19. The average Bonchev–Trinajstić information content (AvgIpc) is 2.82. The minimum atomic E-state index is -0.346. The number of carbonyl (C=O) groups excluding carboxylic acids is 1. The van der Waals surface area contributed by atoms with E-state index in [-0.39, 0.29) is 17.5 Å². The van der Waals surface area contributed by atoms with Gasteiger partial charge in [0.2, 0.25) is 5.91 Å². The number of amides is 1. The number of nitrogen functional groups attached to an aromatic ring is 1. The van der Waals surface area contributed by atoms with Gasteiger partial charge >= 0.3 is 0 Å². The van der Waals surface area contributed by atoms with E-state index in [4.69, 9.17) is 5.73 Å². The van der Waals surface area contributed by atoms with Gasteiger partial charge < -0.3 is 11.1 Å². The first-order valence-electron chi connectivity index (χ1n) is 7.15. The molecule has 0 saturated heterocycles. The van der Waals surface area contributed by atoms with Gasteiger partial charge in [-0.1, -0.05) is 11.8 Å². The number of thioether (sulfide) groups is 1. The molecule has 0 saturated carbocycles. The molecular weight excluding hydrogens is 347 g/mol. The third-order valence-electron chi connectivity index (χ3n) is 3.50. The van der Waals surface area contributed by atoms with Crippen molar-refractivity contribution in [1.29, 1.82) is 0 Å². The van der Waals surface area contributed by atoms with Crippen LogP contribution < -0.4 is 11.1 Å². The van der Waals surface area contributed by atoms with E-state index < -0.39 is 0 Å². The minimum absolute atomic E-state index is 0.145. The Balaban J connectivity index is 1.69. The van der Waals surface area contributed by atoms with Crippen LogP contribution in [0.15, 0.2) is 29.4 Å². The Labute approximate surface area is 146 Å². The van der Waals surface area contributed by atoms with Crippen LogP contribution in [0.2, 0.25) is 0 Å². The van der Waals surface area contributed by atoms with Crippen molar-refractivity contribution in [2.75, 3.05) is 16.8 Å². The molecule has 3 N–H and O–H groups in total. The highest BCUT2D eigenvalue weighted by molar-refractivity contribution is 7.99. The number of aromatic nitrogens is 2. The Morgan fingerprint density at radius 2 is 2.00 bits per heavy atom. The first kappa shape index (κ1) is 16.7. The lowest BCUT2D eigenvalue weighted by atomic mass is 10.2. The second-order valence-corrected chi connectivity index (χ2v) is 7.34. The van der Waals surface area contributed by atoms with Crippen molar-refractivity contribution in [2.45, 2.75) is 19.0 Å². The van der Waals surface area contributed by atoms with E-state index in [1.807, 2.05) is 13.8 Å². The van der Waals surface area contributed by atoms with Crippen molar-refractivity contribution in [3.63, 3.8) is 0 Å². The normalized spacial score (nSPS) is 11.0. The molecule has 0 bridgehead atoms. The fourth-order valence-corrected chi connectivity index (χ4v) is 3.93. The lowest BCUT2D eigenvalue weighted by Gasteiger charge is -2.05. The number of thiophene rings is 1. The molecule has 0 unspecified atom stereocenters. The van der Waals surface area contributed by atoms with E-state index in [0.717, 1.165) is 20.7 Å². The predicted molar refractivity (Wildman–Crippen MR) is 97.1 cm³/mol. The number of benzene rings is 1. The Morgan fingerprint density at radius 1 is 1.29 bits per heavy atom. The van der Waals surface area contributed by atoms with Gasteiger partial charge in [-0.2, -0.15) is 0 Å². The van der Waals surface area contributed by atoms with Crippen molar-refractivity contribution in [2.24, 2.45) is 0 Å². The number of hydrogen-bond acceptors (Lipinski definition) is 6. The summed E-state index contributed by atoms with van der Waals surface area (Å²) in [6.07, 6.45) is 0. The van der Waals surface area contributed by atoms with Gasteiger partial charge in [-0.3, -0.25) is 4.79 Å². The molecule has 3 rings (SSSR count). The van der Waals surface area contributed by atoms with E-state index in [1.165, 1.54) is 36.0 Å². The number of hydrogen-bond donors (Lipinski definition) is 2. The number of rotatable bonds is 4. The summed E-state index contributed by atoms with van der Waals surface area (Å²) in [5.74, 6) is 0.0165. The third-order valence-corrected chi connectivity index (χ3v) is 5.44. The highest BCUT2D eigenvalue weighted by atomic mass is 32.2. The molecule has 0 aliphatic carbocycles. The van der Waals surface area contributed by atoms with Crippen LogP contribution in [-0.4, -0.2) is 21.6 Å². The summed E-state index contributed by atoms with van der Waals surface area (Å²) in [6, 6.07) is 5.61. The van der Waals surface area contributed by atoms with E-state index in [2.05, 4.69) is 15.3 Å². The Bertz CT molecular complexity index is 909. The number of anilines is 2. The molecule has 124 valence electrons. The highest BCUT2D eigenvalue weighted by Gasteiger charge is 2.14. The molecule has 0 aliphatic heterocycles. The molecule has 2 heterocycles. The van der Waals surface area contributed by atoms with Crippen LogP contribution >= 0.6 is 23.1 Å². The number of fused-ring (bicyclic) bond motifs is 1. The molecule has 1 aromatic carbocycles. The predicted octanol–water partition coefficient (Wildman–Crippen LogP) is 3.76. The lowest BCUT2D eigenvalue weighted by molar-refractivity contribution is -0.113. The molecule has 3 aromatic rings. The molecule has 0 fully saturated rings. The summed E-state index contributed by atoms with van der Waals surface area (Å²) in [5.41, 5.74) is 7.66. The summed E-state index contributed by atoms with van der Waals surface area (Å²) >= 11 is 2.78. The topological polar surface area (TPSA) is 80.9 Å². The molecule has 8 heteroatoms. The SMILES string of the molecule is Cc1sc2nc(SCC(=O)Nc3ccc(F)cc3)nc(N)c2c1C. The summed E-state index contributed by atoms with van der Waals surface area (Å²) in [7, 11) is 0. The van der Waals surface area contributed by atoms with Crippen molar-refractivity contribution < 1.29 is 9.18 Å². The van der Waals surface area contributed by atoms with Crippen LogP contribution in [0.3, 0.4) is 0 Å². The second kappa shape index (κ2) is 6.74. The van der Waals surface area contributed by atoms with E-state index >= 15 is 0 Å². The zero-order valence-corrected chi connectivity index (χ0v) is 14.7. The second-order valence-electron chi connectivity index (χ2n) is 5.20. The molecule has 0 radical (unpaired) electrons. The summed E-state index contributed by atoms with van der Waals surface area (Å²) < 4.78 is 12.8. The number of nitrogens with one attached hydrogen (secondary N) is 1. The van der Waals surface area contributed by atoms with Crippen LogP contribution in [-0.2, 0) is 4.79 Å². The summed E-state index contributed by atoms with van der Waals surface area (Å²) in [5, 5.41) is 4.05. The summed E-state index contributed by atoms with van der Waals surface area (Å²) in [6.45, 7) is 4.01. The average molecular weight is 362 g/mol. The largest absolute Gasteiger partial charge is 0.383 e. The first-order valence-corrected chi connectivity index (χ1v) is 8.95. The Morgan fingerprint density at radius 3 is 2.71 bits per heavy atom. The summed E-state index contributed by atoms with van der Waals surface area (Å²) in [4.78, 5) is 22.7.